The summed E-state index contributed by atoms with van der Waals surface area (Å²) in [5, 5.41) is 2.28. The highest BCUT2D eigenvalue weighted by Gasteiger charge is 2.39. The Morgan fingerprint density at radius 2 is 1.91 bits per heavy atom. The lowest BCUT2D eigenvalue weighted by atomic mass is 10.2. The zero-order valence-electron chi connectivity index (χ0n) is 17.0. The normalized spacial score (nSPS) is 17.4. The molecule has 2 aromatic carbocycles. The molecule has 1 saturated heterocycles. The summed E-state index contributed by atoms with van der Waals surface area (Å²) < 4.78 is 34.3. The maximum absolute atomic E-state index is 12.8. The number of carbonyl (C=O) groups is 2. The van der Waals surface area contributed by atoms with Crippen molar-refractivity contribution in [3.05, 3.63) is 66.2 Å². The molecule has 8 nitrogen and oxygen atoms in total. The lowest BCUT2D eigenvalue weighted by Gasteiger charge is -2.13. The number of amidine groups is 1. The molecule has 168 valence electrons. The fraction of sp³-hybridized carbons (Fsp3) is 0.190. The molecule has 1 atom stereocenters. The van der Waals surface area contributed by atoms with Crippen molar-refractivity contribution in [2.75, 3.05) is 19.0 Å². The van der Waals surface area contributed by atoms with Gasteiger partial charge in [-0.25, -0.2) is 0 Å². The van der Waals surface area contributed by atoms with Gasteiger partial charge < -0.3 is 10.1 Å². The molecule has 0 aromatic heterocycles. The average molecular weight is 494 g/mol. The Kier molecular flexibility index (Phi) is 7.60. The van der Waals surface area contributed by atoms with Gasteiger partial charge >= 0.3 is 0 Å². The number of hydrogen-bond donors (Lipinski definition) is 1. The number of methoxy groups -OCH3 is 1. The molecule has 11 heteroatoms. The van der Waals surface area contributed by atoms with Gasteiger partial charge in [0.2, 0.25) is 11.8 Å². The number of nitrogens with one attached hydrogen (secondary N) is 1. The summed E-state index contributed by atoms with van der Waals surface area (Å²) in [7, 11) is -2.53. The van der Waals surface area contributed by atoms with E-state index in [1.54, 1.807) is 24.3 Å². The van der Waals surface area contributed by atoms with Gasteiger partial charge in [-0.1, -0.05) is 29.4 Å². The van der Waals surface area contributed by atoms with E-state index in [0.29, 0.717) is 16.5 Å². The van der Waals surface area contributed by atoms with Crippen molar-refractivity contribution in [3.63, 3.8) is 0 Å². The van der Waals surface area contributed by atoms with E-state index in [-0.39, 0.29) is 28.9 Å². The molecule has 1 aliphatic heterocycles. The predicted molar refractivity (Wildman–Crippen MR) is 126 cm³/mol. The van der Waals surface area contributed by atoms with Gasteiger partial charge in [0.15, 0.2) is 5.17 Å². The number of hydrogen-bond acceptors (Lipinski definition) is 6. The fourth-order valence-corrected chi connectivity index (χ4v) is 5.31. The first-order chi connectivity index (χ1) is 15.2. The van der Waals surface area contributed by atoms with Crippen molar-refractivity contribution < 1.29 is 22.7 Å². The Hall–Kier alpha value is -2.82. The summed E-state index contributed by atoms with van der Waals surface area (Å²) in [4.78, 5) is 26.4. The van der Waals surface area contributed by atoms with Crippen LogP contribution in [0.1, 0.15) is 6.42 Å². The lowest BCUT2D eigenvalue weighted by molar-refractivity contribution is -0.127. The van der Waals surface area contributed by atoms with Crippen molar-refractivity contribution >= 4 is 56.1 Å². The van der Waals surface area contributed by atoms with Crippen LogP contribution in [0, 0.1) is 0 Å². The molecular formula is C21H20ClN3O5S2. The van der Waals surface area contributed by atoms with E-state index >= 15 is 0 Å². The number of rotatable bonds is 8. The minimum absolute atomic E-state index is 0.00732. The topological polar surface area (TPSA) is 105 Å². The van der Waals surface area contributed by atoms with Crippen molar-refractivity contribution in [2.45, 2.75) is 16.6 Å². The first-order valence-electron chi connectivity index (χ1n) is 9.37. The Morgan fingerprint density at radius 1 is 1.25 bits per heavy atom. The highest BCUT2D eigenvalue weighted by Crippen LogP contribution is 2.31. The van der Waals surface area contributed by atoms with Crippen LogP contribution in [0.2, 0.25) is 5.02 Å². The average Bonchev–Trinajstić information content (AvgIpc) is 3.03. The molecule has 0 saturated carbocycles. The highest BCUT2D eigenvalue weighted by atomic mass is 35.5. The third-order valence-corrected chi connectivity index (χ3v) is 7.21. The molecule has 1 aliphatic rings. The SMILES string of the molecule is C=CCN1C(=O)[C@@H](CC(=O)Nc2ccc(OC)cc2)SC1=NS(=O)(=O)c1ccc(Cl)cc1. The summed E-state index contributed by atoms with van der Waals surface area (Å²) >= 11 is 6.74. The molecule has 0 radical (unpaired) electrons. The quantitative estimate of drug-likeness (QED) is 0.564. The number of carbonyl (C=O) groups excluding carboxylic acids is 2. The Bertz CT molecular complexity index is 1150. The second-order valence-electron chi connectivity index (χ2n) is 6.63. The van der Waals surface area contributed by atoms with Crippen LogP contribution < -0.4 is 10.1 Å². The zero-order chi connectivity index (χ0) is 23.3. The summed E-state index contributed by atoms with van der Waals surface area (Å²) in [6.07, 6.45) is 1.31. The van der Waals surface area contributed by atoms with Gasteiger partial charge in [0.05, 0.1) is 12.0 Å². The van der Waals surface area contributed by atoms with Crippen LogP contribution in [0.5, 0.6) is 5.75 Å². The van der Waals surface area contributed by atoms with Crippen LogP contribution in [0.25, 0.3) is 0 Å². The molecule has 1 fully saturated rings. The number of nitrogens with zero attached hydrogens (tertiary/aromatic N) is 2. The largest absolute Gasteiger partial charge is 0.497 e. The second-order valence-corrected chi connectivity index (χ2v) is 9.84. The van der Waals surface area contributed by atoms with Crippen molar-refractivity contribution in [2.24, 2.45) is 4.40 Å². The fourth-order valence-electron chi connectivity index (χ4n) is 2.82. The zero-order valence-corrected chi connectivity index (χ0v) is 19.4. The molecule has 2 amide bonds. The minimum Gasteiger partial charge on any atom is -0.497 e. The van der Waals surface area contributed by atoms with Crippen LogP contribution in [-0.4, -0.2) is 49.2 Å². The molecule has 32 heavy (non-hydrogen) atoms. The molecule has 0 aliphatic carbocycles. The Morgan fingerprint density at radius 3 is 2.50 bits per heavy atom. The van der Waals surface area contributed by atoms with E-state index in [2.05, 4.69) is 16.3 Å². The van der Waals surface area contributed by atoms with E-state index in [1.807, 2.05) is 0 Å². The van der Waals surface area contributed by atoms with E-state index in [0.717, 1.165) is 11.8 Å². The second kappa shape index (κ2) is 10.2. The minimum atomic E-state index is -4.07. The number of benzene rings is 2. The van der Waals surface area contributed by atoms with Crippen LogP contribution >= 0.6 is 23.4 Å². The number of sulfonamides is 1. The maximum Gasteiger partial charge on any atom is 0.284 e. The molecular weight excluding hydrogens is 474 g/mol. The summed E-state index contributed by atoms with van der Waals surface area (Å²) in [5.41, 5.74) is 0.549. The number of amides is 2. The number of ether oxygens (including phenoxy) is 1. The van der Waals surface area contributed by atoms with Crippen molar-refractivity contribution in [3.8, 4) is 5.75 Å². The predicted octanol–water partition coefficient (Wildman–Crippen LogP) is 3.55. The molecule has 3 rings (SSSR count). The summed E-state index contributed by atoms with van der Waals surface area (Å²) in [5.74, 6) is -0.154. The molecule has 0 unspecified atom stereocenters. The van der Waals surface area contributed by atoms with E-state index in [1.165, 1.54) is 42.4 Å². The van der Waals surface area contributed by atoms with Gasteiger partial charge in [-0.15, -0.1) is 11.0 Å². The maximum atomic E-state index is 12.8. The van der Waals surface area contributed by atoms with Gasteiger partial charge in [0.1, 0.15) is 11.0 Å². The summed E-state index contributed by atoms with van der Waals surface area (Å²) in [6.45, 7) is 3.67. The molecule has 0 bridgehead atoms. The van der Waals surface area contributed by atoms with E-state index in [4.69, 9.17) is 16.3 Å². The number of thioether (sulfide) groups is 1. The first-order valence-corrected chi connectivity index (χ1v) is 12.1. The van der Waals surface area contributed by atoms with Gasteiger partial charge in [-0.05, 0) is 48.5 Å². The van der Waals surface area contributed by atoms with Crippen LogP contribution in [0.4, 0.5) is 5.69 Å². The third kappa shape index (κ3) is 5.70. The molecule has 0 spiro atoms. The van der Waals surface area contributed by atoms with Crippen LogP contribution in [-0.2, 0) is 19.6 Å². The standard InChI is InChI=1S/C21H20ClN3O5S2/c1-3-12-25-20(27)18(13-19(26)23-15-6-8-16(30-2)9-7-15)31-21(25)24-32(28,29)17-10-4-14(22)5-11-17/h3-11,18H,1,12-13H2,2H3,(H,23,26)/t18-/m1/s1. The lowest BCUT2D eigenvalue weighted by Crippen LogP contribution is -2.33. The highest BCUT2D eigenvalue weighted by molar-refractivity contribution is 8.16. The molecule has 1 N–H and O–H groups in total. The van der Waals surface area contributed by atoms with Gasteiger partial charge in [0.25, 0.3) is 10.0 Å². The third-order valence-electron chi connectivity index (χ3n) is 4.39. The summed E-state index contributed by atoms with van der Waals surface area (Å²) in [6, 6.07) is 12.3. The van der Waals surface area contributed by atoms with Crippen LogP contribution in [0.15, 0.2) is 70.5 Å². The van der Waals surface area contributed by atoms with Crippen molar-refractivity contribution in [1.29, 1.82) is 0 Å². The monoisotopic (exact) mass is 493 g/mol. The Balaban J connectivity index is 1.76. The van der Waals surface area contributed by atoms with Crippen LogP contribution in [0.3, 0.4) is 0 Å². The van der Waals surface area contributed by atoms with E-state index in [9.17, 15) is 18.0 Å². The first kappa shape index (κ1) is 23.8. The van der Waals surface area contributed by atoms with Gasteiger partial charge in [-0.2, -0.15) is 8.42 Å². The molecule has 2 aromatic rings. The Labute approximate surface area is 195 Å². The molecule has 1 heterocycles. The van der Waals surface area contributed by atoms with Gasteiger partial charge in [-0.3, -0.25) is 14.5 Å². The van der Waals surface area contributed by atoms with E-state index < -0.39 is 21.2 Å². The van der Waals surface area contributed by atoms with Gasteiger partial charge in [0, 0.05) is 23.7 Å². The smallest absolute Gasteiger partial charge is 0.284 e. The number of anilines is 1. The number of halogens is 1. The van der Waals surface area contributed by atoms with Crippen molar-refractivity contribution in [1.82, 2.24) is 4.90 Å².